The first-order valence-corrected chi connectivity index (χ1v) is 7.13. The summed E-state index contributed by atoms with van der Waals surface area (Å²) in [6.45, 7) is 2.60. The van der Waals surface area contributed by atoms with Crippen LogP contribution in [0.25, 0.3) is 5.70 Å². The van der Waals surface area contributed by atoms with Gasteiger partial charge in [0.2, 0.25) is 5.91 Å². The zero-order valence-corrected chi connectivity index (χ0v) is 12.7. The van der Waals surface area contributed by atoms with Gasteiger partial charge in [0.1, 0.15) is 6.54 Å². The van der Waals surface area contributed by atoms with E-state index in [0.717, 1.165) is 17.7 Å². The third-order valence-corrected chi connectivity index (χ3v) is 4.40. The summed E-state index contributed by atoms with van der Waals surface area (Å²) in [5, 5.41) is 0. The Morgan fingerprint density at radius 3 is 2.74 bits per heavy atom. The highest BCUT2D eigenvalue weighted by Gasteiger charge is 2.34. The molecule has 0 saturated carbocycles. The molecule has 98 valence electrons. The summed E-state index contributed by atoms with van der Waals surface area (Å²) < 4.78 is 1.46. The van der Waals surface area contributed by atoms with E-state index in [1.54, 1.807) is 11.8 Å². The van der Waals surface area contributed by atoms with Gasteiger partial charge >= 0.3 is 0 Å². The van der Waals surface area contributed by atoms with Gasteiger partial charge in [0, 0.05) is 17.7 Å². The Kier molecular flexibility index (Phi) is 3.08. The van der Waals surface area contributed by atoms with Crippen LogP contribution >= 0.6 is 22.9 Å². The maximum absolute atomic E-state index is 12.3. The van der Waals surface area contributed by atoms with Crippen molar-refractivity contribution in [3.8, 4) is 0 Å². The highest BCUT2D eigenvalue weighted by molar-refractivity contribution is 14.1. The van der Waals surface area contributed by atoms with E-state index in [2.05, 4.69) is 6.07 Å². The minimum atomic E-state index is -0.0804. The first-order valence-electron chi connectivity index (χ1n) is 6.17. The van der Waals surface area contributed by atoms with Crippen molar-refractivity contribution in [2.24, 2.45) is 0 Å². The van der Waals surface area contributed by atoms with E-state index in [1.807, 2.05) is 41.1 Å². The monoisotopic (exact) mass is 368 g/mol. The molecule has 0 aliphatic carbocycles. The molecule has 0 atom stereocenters. The van der Waals surface area contributed by atoms with Crippen LogP contribution in [0.1, 0.15) is 18.1 Å². The minimum absolute atomic E-state index is 0.0101. The number of benzene rings is 1. The Morgan fingerprint density at radius 1 is 1.21 bits per heavy atom. The fourth-order valence-electron chi connectivity index (χ4n) is 2.67. The maximum Gasteiger partial charge on any atom is 0.260 e. The highest BCUT2D eigenvalue weighted by Crippen LogP contribution is 2.34. The number of hydrogen-bond donors (Lipinski definition) is 0. The van der Waals surface area contributed by atoms with Crippen LogP contribution in [0.2, 0.25) is 0 Å². The number of carbonyl (C=O) groups is 2. The van der Waals surface area contributed by atoms with E-state index in [1.165, 1.54) is 8.68 Å². The molecular formula is C14H13IN2O2. The Morgan fingerprint density at radius 2 is 1.95 bits per heavy atom. The standard InChI is InChI=1S/C14H13IN2O2/c1-9-13-11-5-3-2-4-10(11)6-7-16(13)12(18)8-17(15)14(9)19/h2-5H,6-8H2,1H3. The molecule has 0 spiro atoms. The van der Waals surface area contributed by atoms with Crippen molar-refractivity contribution >= 4 is 40.4 Å². The fraction of sp³-hybridized carbons (Fsp3) is 0.286. The van der Waals surface area contributed by atoms with E-state index in [4.69, 9.17) is 0 Å². The molecule has 0 bridgehead atoms. The molecule has 2 heterocycles. The lowest BCUT2D eigenvalue weighted by Gasteiger charge is -2.31. The van der Waals surface area contributed by atoms with Gasteiger partial charge in [-0.25, -0.2) is 0 Å². The largest absolute Gasteiger partial charge is 0.309 e. The van der Waals surface area contributed by atoms with Crippen molar-refractivity contribution in [2.75, 3.05) is 13.1 Å². The molecule has 1 aromatic carbocycles. The zero-order valence-electron chi connectivity index (χ0n) is 10.5. The third-order valence-electron chi connectivity index (χ3n) is 3.62. The van der Waals surface area contributed by atoms with Crippen molar-refractivity contribution in [3.63, 3.8) is 0 Å². The summed E-state index contributed by atoms with van der Waals surface area (Å²) in [5.74, 6) is -0.0905. The van der Waals surface area contributed by atoms with Gasteiger partial charge in [0.05, 0.1) is 28.6 Å². The summed E-state index contributed by atoms with van der Waals surface area (Å²) in [5.41, 5.74) is 3.65. The maximum atomic E-state index is 12.3. The average molecular weight is 368 g/mol. The molecule has 3 rings (SSSR count). The lowest BCUT2D eigenvalue weighted by molar-refractivity contribution is -0.130. The molecule has 2 aliphatic heterocycles. The van der Waals surface area contributed by atoms with E-state index >= 15 is 0 Å². The van der Waals surface area contributed by atoms with Crippen LogP contribution in [0.15, 0.2) is 29.8 Å². The van der Waals surface area contributed by atoms with E-state index < -0.39 is 0 Å². The molecule has 0 saturated heterocycles. The van der Waals surface area contributed by atoms with Gasteiger partial charge < -0.3 is 4.90 Å². The lowest BCUT2D eigenvalue weighted by Crippen LogP contribution is -2.37. The molecule has 0 radical (unpaired) electrons. The molecule has 2 amide bonds. The highest BCUT2D eigenvalue weighted by atomic mass is 127. The molecule has 1 aromatic rings. The molecule has 0 fully saturated rings. The number of amides is 2. The van der Waals surface area contributed by atoms with Crippen molar-refractivity contribution in [3.05, 3.63) is 41.0 Å². The first-order chi connectivity index (χ1) is 9.09. The average Bonchev–Trinajstić information content (AvgIpc) is 2.50. The first kappa shape index (κ1) is 12.7. The van der Waals surface area contributed by atoms with Crippen LogP contribution < -0.4 is 0 Å². The number of hydrogen-bond acceptors (Lipinski definition) is 2. The Bertz CT molecular complexity index is 609. The minimum Gasteiger partial charge on any atom is -0.309 e. The van der Waals surface area contributed by atoms with Gasteiger partial charge in [0.25, 0.3) is 5.91 Å². The topological polar surface area (TPSA) is 40.6 Å². The molecule has 0 aromatic heterocycles. The van der Waals surface area contributed by atoms with Crippen molar-refractivity contribution in [1.82, 2.24) is 8.01 Å². The number of rotatable bonds is 0. The van der Waals surface area contributed by atoms with Crippen LogP contribution in [-0.4, -0.2) is 32.9 Å². The summed E-state index contributed by atoms with van der Waals surface area (Å²) in [6.07, 6.45) is 0.841. The molecule has 0 unspecified atom stereocenters. The molecule has 19 heavy (non-hydrogen) atoms. The predicted octanol–water partition coefficient (Wildman–Crippen LogP) is 1.99. The van der Waals surface area contributed by atoms with Gasteiger partial charge in [-0.1, -0.05) is 24.3 Å². The van der Waals surface area contributed by atoms with Gasteiger partial charge in [-0.15, -0.1) is 0 Å². The number of carbonyl (C=O) groups excluding carboxylic acids is 2. The molecule has 4 nitrogen and oxygen atoms in total. The van der Waals surface area contributed by atoms with Crippen molar-refractivity contribution < 1.29 is 9.59 Å². The number of fused-ring (bicyclic) bond motifs is 3. The molecular weight excluding hydrogens is 355 g/mol. The normalized spacial score (nSPS) is 19.3. The Labute approximate surface area is 125 Å². The second kappa shape index (κ2) is 4.63. The summed E-state index contributed by atoms with van der Waals surface area (Å²) >= 11 is 1.91. The van der Waals surface area contributed by atoms with Gasteiger partial charge in [-0.3, -0.25) is 12.7 Å². The SMILES string of the molecule is CC1=C2c3ccccc3CCN2C(=O)CN(I)C1=O. The predicted molar refractivity (Wildman–Crippen MR) is 80.2 cm³/mol. The Hall–Kier alpha value is -1.37. The van der Waals surface area contributed by atoms with E-state index in [0.29, 0.717) is 12.1 Å². The van der Waals surface area contributed by atoms with Gasteiger partial charge in [0.15, 0.2) is 0 Å². The summed E-state index contributed by atoms with van der Waals surface area (Å²) in [7, 11) is 0. The zero-order chi connectivity index (χ0) is 13.6. The smallest absolute Gasteiger partial charge is 0.260 e. The van der Waals surface area contributed by atoms with Gasteiger partial charge in [-0.2, -0.15) is 0 Å². The van der Waals surface area contributed by atoms with Gasteiger partial charge in [-0.05, 0) is 18.9 Å². The van der Waals surface area contributed by atoms with Crippen LogP contribution in [0.3, 0.4) is 0 Å². The summed E-state index contributed by atoms with van der Waals surface area (Å²) in [4.78, 5) is 26.2. The Balaban J connectivity index is 2.23. The fourth-order valence-corrected chi connectivity index (χ4v) is 3.33. The second-order valence-corrected chi connectivity index (χ2v) is 5.92. The van der Waals surface area contributed by atoms with Crippen molar-refractivity contribution in [1.29, 1.82) is 0 Å². The molecule has 2 aliphatic rings. The van der Waals surface area contributed by atoms with Crippen LogP contribution in [0.4, 0.5) is 0 Å². The second-order valence-electron chi connectivity index (χ2n) is 4.75. The van der Waals surface area contributed by atoms with Crippen LogP contribution in [0, 0.1) is 0 Å². The third kappa shape index (κ3) is 1.96. The lowest BCUT2D eigenvalue weighted by atomic mass is 9.94. The number of nitrogens with zero attached hydrogens (tertiary/aromatic N) is 2. The van der Waals surface area contributed by atoms with Crippen molar-refractivity contribution in [2.45, 2.75) is 13.3 Å². The van der Waals surface area contributed by atoms with E-state index in [9.17, 15) is 9.59 Å². The molecule has 5 heteroatoms. The number of halogens is 1. The quantitative estimate of drug-likeness (QED) is 0.519. The van der Waals surface area contributed by atoms with Crippen LogP contribution in [0.5, 0.6) is 0 Å². The molecule has 0 N–H and O–H groups in total. The van der Waals surface area contributed by atoms with E-state index in [-0.39, 0.29) is 18.4 Å². The summed E-state index contributed by atoms with van der Waals surface area (Å²) in [6, 6.07) is 8.00. The van der Waals surface area contributed by atoms with Crippen LogP contribution in [-0.2, 0) is 16.0 Å².